The van der Waals surface area contributed by atoms with Gasteiger partial charge in [-0.05, 0) is 43.3 Å². The van der Waals surface area contributed by atoms with Crippen LogP contribution in [0.25, 0.3) is 10.2 Å². The maximum atomic E-state index is 12.3. The molecule has 0 spiro atoms. The molecule has 0 radical (unpaired) electrons. The molecule has 0 unspecified atom stereocenters. The van der Waals surface area contributed by atoms with Crippen LogP contribution in [0.4, 0.5) is 5.69 Å². The number of carbonyl (C=O) groups is 1. The molecular formula is C16H12Cl2N2OS2. The van der Waals surface area contributed by atoms with Crippen LogP contribution in [-0.2, 0) is 4.79 Å². The molecule has 2 aromatic carbocycles. The van der Waals surface area contributed by atoms with Crippen molar-refractivity contribution in [2.75, 3.05) is 5.32 Å². The lowest BCUT2D eigenvalue weighted by molar-refractivity contribution is -0.115. The van der Waals surface area contributed by atoms with Crippen molar-refractivity contribution in [1.29, 1.82) is 0 Å². The number of aromatic nitrogens is 1. The van der Waals surface area contributed by atoms with E-state index in [2.05, 4.69) is 10.3 Å². The molecule has 0 saturated carbocycles. The molecule has 7 heteroatoms. The van der Waals surface area contributed by atoms with E-state index in [-0.39, 0.29) is 11.2 Å². The van der Waals surface area contributed by atoms with Crippen LogP contribution in [0.2, 0.25) is 10.0 Å². The summed E-state index contributed by atoms with van der Waals surface area (Å²) in [6.07, 6.45) is 0. The van der Waals surface area contributed by atoms with Crippen LogP contribution in [0, 0.1) is 0 Å². The monoisotopic (exact) mass is 382 g/mol. The Labute approximate surface area is 152 Å². The van der Waals surface area contributed by atoms with Crippen molar-refractivity contribution in [3.8, 4) is 0 Å². The first-order valence-corrected chi connectivity index (χ1v) is 9.25. The smallest absolute Gasteiger partial charge is 0.237 e. The Hall–Kier alpha value is -1.27. The van der Waals surface area contributed by atoms with E-state index in [1.54, 1.807) is 35.6 Å². The van der Waals surface area contributed by atoms with Gasteiger partial charge in [-0.15, -0.1) is 11.3 Å². The summed E-state index contributed by atoms with van der Waals surface area (Å²) < 4.78 is 1.90. The van der Waals surface area contributed by atoms with Crippen LogP contribution in [-0.4, -0.2) is 16.1 Å². The highest BCUT2D eigenvalue weighted by molar-refractivity contribution is 8.02. The predicted octanol–water partition coefficient (Wildman–Crippen LogP) is 5.72. The number of carbonyl (C=O) groups excluding carboxylic acids is 1. The molecule has 1 heterocycles. The summed E-state index contributed by atoms with van der Waals surface area (Å²) in [6.45, 7) is 1.85. The second kappa shape index (κ2) is 7.09. The van der Waals surface area contributed by atoms with E-state index in [4.69, 9.17) is 23.2 Å². The van der Waals surface area contributed by atoms with Gasteiger partial charge in [0.2, 0.25) is 5.91 Å². The fourth-order valence-corrected chi connectivity index (χ4v) is 4.49. The van der Waals surface area contributed by atoms with Crippen molar-refractivity contribution in [2.24, 2.45) is 0 Å². The fourth-order valence-electron chi connectivity index (χ4n) is 1.94. The van der Waals surface area contributed by atoms with Crippen molar-refractivity contribution in [1.82, 2.24) is 4.98 Å². The van der Waals surface area contributed by atoms with Crippen molar-refractivity contribution < 1.29 is 4.79 Å². The molecule has 0 bridgehead atoms. The minimum Gasteiger partial charge on any atom is -0.325 e. The largest absolute Gasteiger partial charge is 0.325 e. The van der Waals surface area contributed by atoms with Gasteiger partial charge in [0, 0.05) is 15.7 Å². The van der Waals surface area contributed by atoms with Crippen LogP contribution in [0.5, 0.6) is 0 Å². The molecule has 0 fully saturated rings. The molecule has 1 atom stereocenters. The molecule has 1 N–H and O–H groups in total. The molecule has 3 nitrogen and oxygen atoms in total. The van der Waals surface area contributed by atoms with E-state index < -0.39 is 0 Å². The predicted molar refractivity (Wildman–Crippen MR) is 100 cm³/mol. The second-order valence-electron chi connectivity index (χ2n) is 4.85. The number of thiazole rings is 1. The van der Waals surface area contributed by atoms with Gasteiger partial charge >= 0.3 is 0 Å². The van der Waals surface area contributed by atoms with E-state index in [0.29, 0.717) is 15.7 Å². The highest BCUT2D eigenvalue weighted by atomic mass is 35.5. The zero-order valence-electron chi connectivity index (χ0n) is 12.0. The summed E-state index contributed by atoms with van der Waals surface area (Å²) in [7, 11) is 0. The van der Waals surface area contributed by atoms with Crippen molar-refractivity contribution in [3.05, 3.63) is 52.5 Å². The standard InChI is InChI=1S/C16H12Cl2N2OS2/c1-9(15(21)19-12-4-2-3-10(17)7-12)22-16-20-13-8-11(18)5-6-14(13)23-16/h2-9H,1H3,(H,19,21)/t9-/m1/s1. The van der Waals surface area contributed by atoms with Crippen LogP contribution < -0.4 is 5.32 Å². The minimum atomic E-state index is -0.273. The first-order chi connectivity index (χ1) is 11.0. The first kappa shape index (κ1) is 16.6. The van der Waals surface area contributed by atoms with E-state index >= 15 is 0 Å². The van der Waals surface area contributed by atoms with Crippen LogP contribution in [0.15, 0.2) is 46.8 Å². The fraction of sp³-hybridized carbons (Fsp3) is 0.125. The molecule has 23 heavy (non-hydrogen) atoms. The number of halogens is 2. The second-order valence-corrected chi connectivity index (χ2v) is 8.34. The van der Waals surface area contributed by atoms with E-state index in [1.807, 2.05) is 25.1 Å². The lowest BCUT2D eigenvalue weighted by atomic mass is 10.3. The van der Waals surface area contributed by atoms with Gasteiger partial charge < -0.3 is 5.32 Å². The van der Waals surface area contributed by atoms with Crippen LogP contribution in [0.1, 0.15) is 6.92 Å². The Morgan fingerprint density at radius 2 is 2.00 bits per heavy atom. The third kappa shape index (κ3) is 4.18. The van der Waals surface area contributed by atoms with Gasteiger partial charge in [-0.2, -0.15) is 0 Å². The quantitative estimate of drug-likeness (QED) is 0.586. The summed E-state index contributed by atoms with van der Waals surface area (Å²) in [5.41, 5.74) is 1.54. The summed E-state index contributed by atoms with van der Waals surface area (Å²) in [6, 6.07) is 12.7. The molecule has 118 valence electrons. The average Bonchev–Trinajstić information content (AvgIpc) is 2.88. The van der Waals surface area contributed by atoms with Crippen molar-refractivity contribution in [2.45, 2.75) is 16.5 Å². The Kier molecular flexibility index (Phi) is 5.11. The number of hydrogen-bond donors (Lipinski definition) is 1. The first-order valence-electron chi connectivity index (χ1n) is 6.80. The molecule has 3 rings (SSSR count). The number of amides is 1. The number of benzene rings is 2. The zero-order valence-corrected chi connectivity index (χ0v) is 15.2. The number of thioether (sulfide) groups is 1. The highest BCUT2D eigenvalue weighted by Crippen LogP contribution is 2.33. The molecular weight excluding hydrogens is 371 g/mol. The maximum Gasteiger partial charge on any atom is 0.237 e. The third-order valence-corrected chi connectivity index (χ3v) is 5.77. The third-order valence-electron chi connectivity index (χ3n) is 3.07. The Morgan fingerprint density at radius 1 is 1.22 bits per heavy atom. The molecule has 0 aliphatic rings. The normalized spacial score (nSPS) is 12.3. The molecule has 0 aliphatic heterocycles. The molecule has 3 aromatic rings. The number of rotatable bonds is 4. The number of hydrogen-bond acceptors (Lipinski definition) is 4. The molecule has 1 amide bonds. The van der Waals surface area contributed by atoms with Gasteiger partial charge in [-0.3, -0.25) is 4.79 Å². The molecule has 0 saturated heterocycles. The number of fused-ring (bicyclic) bond motifs is 1. The summed E-state index contributed by atoms with van der Waals surface area (Å²) in [4.78, 5) is 16.8. The van der Waals surface area contributed by atoms with Gasteiger partial charge in [0.1, 0.15) is 0 Å². The zero-order chi connectivity index (χ0) is 16.4. The van der Waals surface area contributed by atoms with E-state index in [1.165, 1.54) is 11.8 Å². The average molecular weight is 383 g/mol. The number of nitrogens with one attached hydrogen (secondary N) is 1. The van der Waals surface area contributed by atoms with Crippen LogP contribution in [0.3, 0.4) is 0 Å². The van der Waals surface area contributed by atoms with Gasteiger partial charge in [0.25, 0.3) is 0 Å². The van der Waals surface area contributed by atoms with Gasteiger partial charge in [-0.1, -0.05) is 41.0 Å². The van der Waals surface area contributed by atoms with Gasteiger partial charge in [-0.25, -0.2) is 4.98 Å². The van der Waals surface area contributed by atoms with Gasteiger partial charge in [0.15, 0.2) is 4.34 Å². The summed E-state index contributed by atoms with van der Waals surface area (Å²) in [5, 5.41) is 3.83. The van der Waals surface area contributed by atoms with Crippen molar-refractivity contribution in [3.63, 3.8) is 0 Å². The van der Waals surface area contributed by atoms with Crippen molar-refractivity contribution >= 4 is 68.1 Å². The summed E-state index contributed by atoms with van der Waals surface area (Å²) >= 11 is 14.9. The SMILES string of the molecule is C[C@@H](Sc1nc2cc(Cl)ccc2s1)C(=O)Nc1cccc(Cl)c1. The highest BCUT2D eigenvalue weighted by Gasteiger charge is 2.17. The molecule has 0 aliphatic carbocycles. The number of nitrogens with zero attached hydrogens (tertiary/aromatic N) is 1. The van der Waals surface area contributed by atoms with Crippen LogP contribution >= 0.6 is 46.3 Å². The Bertz CT molecular complexity index is 866. The maximum absolute atomic E-state index is 12.3. The lowest BCUT2D eigenvalue weighted by Crippen LogP contribution is -2.22. The Balaban J connectivity index is 1.69. The molecule has 1 aromatic heterocycles. The summed E-state index contributed by atoms with van der Waals surface area (Å²) in [5.74, 6) is -0.0884. The Morgan fingerprint density at radius 3 is 2.78 bits per heavy atom. The topological polar surface area (TPSA) is 42.0 Å². The van der Waals surface area contributed by atoms with Gasteiger partial charge in [0.05, 0.1) is 15.5 Å². The minimum absolute atomic E-state index is 0.0884. The van der Waals surface area contributed by atoms with E-state index in [0.717, 1.165) is 14.6 Å². The number of anilines is 1. The van der Waals surface area contributed by atoms with E-state index in [9.17, 15) is 4.79 Å². The lowest BCUT2D eigenvalue weighted by Gasteiger charge is -2.10.